The molecule has 0 atom stereocenters. The summed E-state index contributed by atoms with van der Waals surface area (Å²) >= 11 is 6.06. The summed E-state index contributed by atoms with van der Waals surface area (Å²) in [6, 6.07) is 9.33. The monoisotopic (exact) mass is 362 g/mol. The van der Waals surface area contributed by atoms with E-state index in [9.17, 15) is 5.11 Å². The lowest BCUT2D eigenvalue weighted by Gasteiger charge is -2.22. The molecule has 0 aliphatic carbocycles. The first-order valence-corrected chi connectivity index (χ1v) is 8.95. The lowest BCUT2D eigenvalue weighted by Crippen LogP contribution is -2.38. The van der Waals surface area contributed by atoms with Crippen molar-refractivity contribution in [2.24, 2.45) is 12.0 Å². The Morgan fingerprint density at radius 2 is 2.04 bits per heavy atom. The average molecular weight is 363 g/mol. The van der Waals surface area contributed by atoms with Crippen molar-refractivity contribution in [3.63, 3.8) is 0 Å². The molecule has 2 aromatic rings. The maximum Gasteiger partial charge on any atom is 0.194 e. The van der Waals surface area contributed by atoms with Crippen molar-refractivity contribution >= 4 is 17.6 Å². The van der Waals surface area contributed by atoms with Crippen LogP contribution in [0, 0.1) is 0 Å². The van der Waals surface area contributed by atoms with Crippen molar-refractivity contribution < 1.29 is 5.11 Å². The Balaban J connectivity index is 1.90. The van der Waals surface area contributed by atoms with Crippen molar-refractivity contribution in [2.75, 3.05) is 20.1 Å². The minimum atomic E-state index is 0.304. The molecule has 0 saturated heterocycles. The number of guanidine groups is 1. The first kappa shape index (κ1) is 19.2. The maximum absolute atomic E-state index is 9.32. The predicted octanol–water partition coefficient (Wildman–Crippen LogP) is 3.41. The molecule has 5 nitrogen and oxygen atoms in total. The van der Waals surface area contributed by atoms with Crippen molar-refractivity contribution in [3.8, 4) is 5.75 Å². The summed E-state index contributed by atoms with van der Waals surface area (Å²) in [6.45, 7) is 4.39. The van der Waals surface area contributed by atoms with Crippen LogP contribution in [0.3, 0.4) is 0 Å². The van der Waals surface area contributed by atoms with E-state index in [-0.39, 0.29) is 0 Å². The fourth-order valence-corrected chi connectivity index (χ4v) is 2.91. The van der Waals surface area contributed by atoms with Gasteiger partial charge >= 0.3 is 0 Å². The third-order valence-corrected chi connectivity index (χ3v) is 4.20. The molecule has 0 bridgehead atoms. The fraction of sp³-hybridized carbons (Fsp3) is 0.421. The number of nitrogens with zero attached hydrogens (tertiary/aromatic N) is 3. The Morgan fingerprint density at radius 3 is 2.64 bits per heavy atom. The predicted molar refractivity (Wildman–Crippen MR) is 104 cm³/mol. The van der Waals surface area contributed by atoms with Crippen LogP contribution in [0.2, 0.25) is 5.02 Å². The Bertz CT molecular complexity index is 694. The highest BCUT2D eigenvalue weighted by Gasteiger charge is 2.09. The molecule has 2 N–H and O–H groups in total. The number of aliphatic imine (C=N–C) groups is 1. The zero-order valence-corrected chi connectivity index (χ0v) is 15.9. The topological polar surface area (TPSA) is 52.8 Å². The average Bonchev–Trinajstić information content (AvgIpc) is 2.89. The van der Waals surface area contributed by atoms with Crippen LogP contribution in [0.15, 0.2) is 41.5 Å². The number of halogens is 1. The molecule has 25 heavy (non-hydrogen) atoms. The second kappa shape index (κ2) is 9.37. The maximum atomic E-state index is 9.32. The SMILES string of the molecule is CCNC(=NCCCc1ccc(O)cc1)N(C)Cc1cc(Cl)cn1C. The molecule has 6 heteroatoms. The second-order valence-corrected chi connectivity index (χ2v) is 6.56. The number of aryl methyl sites for hydroxylation is 2. The zero-order valence-electron chi connectivity index (χ0n) is 15.2. The number of hydrogen-bond donors (Lipinski definition) is 2. The molecule has 0 spiro atoms. The van der Waals surface area contributed by atoms with Gasteiger partial charge in [0.2, 0.25) is 0 Å². The second-order valence-electron chi connectivity index (χ2n) is 6.12. The van der Waals surface area contributed by atoms with Crippen LogP contribution in [0.1, 0.15) is 24.6 Å². The summed E-state index contributed by atoms with van der Waals surface area (Å²) < 4.78 is 2.03. The quantitative estimate of drug-likeness (QED) is 0.451. The fourth-order valence-electron chi connectivity index (χ4n) is 2.64. The standard InChI is InChI=1S/C19H27ClN4O/c1-4-21-19(24(3)14-17-12-16(20)13-23(17)2)22-11-5-6-15-7-9-18(25)10-8-15/h7-10,12-13,25H,4-6,11,14H2,1-3H3,(H,21,22). The summed E-state index contributed by atoms with van der Waals surface area (Å²) in [5.41, 5.74) is 2.35. The molecule has 0 aliphatic rings. The van der Waals surface area contributed by atoms with Gasteiger partial charge in [0.25, 0.3) is 0 Å². The minimum absolute atomic E-state index is 0.304. The van der Waals surface area contributed by atoms with Crippen LogP contribution in [0.25, 0.3) is 0 Å². The van der Waals surface area contributed by atoms with Crippen molar-refractivity contribution in [1.29, 1.82) is 0 Å². The minimum Gasteiger partial charge on any atom is -0.508 e. The van der Waals surface area contributed by atoms with Crippen LogP contribution in [-0.2, 0) is 20.0 Å². The van der Waals surface area contributed by atoms with Crippen LogP contribution < -0.4 is 5.32 Å². The van der Waals surface area contributed by atoms with Gasteiger partial charge in [0.15, 0.2) is 5.96 Å². The molecule has 1 aromatic carbocycles. The highest BCUT2D eigenvalue weighted by atomic mass is 35.5. The van der Waals surface area contributed by atoms with Gasteiger partial charge in [-0.3, -0.25) is 4.99 Å². The van der Waals surface area contributed by atoms with Gasteiger partial charge in [-0.15, -0.1) is 0 Å². The smallest absolute Gasteiger partial charge is 0.194 e. The van der Waals surface area contributed by atoms with Gasteiger partial charge in [-0.1, -0.05) is 23.7 Å². The molecule has 0 fully saturated rings. The van der Waals surface area contributed by atoms with Gasteiger partial charge in [-0.25, -0.2) is 0 Å². The molecular weight excluding hydrogens is 336 g/mol. The highest BCUT2D eigenvalue weighted by Crippen LogP contribution is 2.14. The summed E-state index contributed by atoms with van der Waals surface area (Å²) in [4.78, 5) is 6.83. The van der Waals surface area contributed by atoms with E-state index in [1.54, 1.807) is 12.1 Å². The normalized spacial score (nSPS) is 11.6. The van der Waals surface area contributed by atoms with Crippen LogP contribution in [0.5, 0.6) is 5.75 Å². The van der Waals surface area contributed by atoms with Crippen molar-refractivity contribution in [3.05, 3.63) is 52.8 Å². The van der Waals surface area contributed by atoms with E-state index in [1.807, 2.05) is 43.1 Å². The molecular formula is C19H27ClN4O. The van der Waals surface area contributed by atoms with Gasteiger partial charge in [-0.2, -0.15) is 0 Å². The van der Waals surface area contributed by atoms with Crippen molar-refractivity contribution in [2.45, 2.75) is 26.3 Å². The number of aromatic nitrogens is 1. The van der Waals surface area contributed by atoms with Gasteiger partial charge in [0, 0.05) is 39.1 Å². The largest absolute Gasteiger partial charge is 0.508 e. The Kier molecular flexibility index (Phi) is 7.19. The van der Waals surface area contributed by atoms with Crippen molar-refractivity contribution in [1.82, 2.24) is 14.8 Å². The third kappa shape index (κ3) is 6.02. The van der Waals surface area contributed by atoms with Crippen LogP contribution in [0.4, 0.5) is 0 Å². The number of phenolic OH excluding ortho intramolecular Hbond substituents is 1. The molecule has 0 unspecified atom stereocenters. The molecule has 136 valence electrons. The number of rotatable bonds is 7. The number of hydrogen-bond acceptors (Lipinski definition) is 2. The van der Waals surface area contributed by atoms with E-state index in [0.717, 1.165) is 49.2 Å². The van der Waals surface area contributed by atoms with E-state index in [2.05, 4.69) is 17.1 Å². The van der Waals surface area contributed by atoms with Gasteiger partial charge in [0.05, 0.1) is 11.6 Å². The van der Waals surface area contributed by atoms with Gasteiger partial charge in [-0.05, 0) is 43.5 Å². The van der Waals surface area contributed by atoms with Gasteiger partial charge in [0.1, 0.15) is 5.75 Å². The lowest BCUT2D eigenvalue weighted by atomic mass is 10.1. The number of phenols is 1. The molecule has 0 radical (unpaired) electrons. The molecule has 0 aliphatic heterocycles. The Hall–Kier alpha value is -2.14. The van der Waals surface area contributed by atoms with E-state index < -0.39 is 0 Å². The van der Waals surface area contributed by atoms with Gasteiger partial charge < -0.3 is 19.9 Å². The number of nitrogens with one attached hydrogen (secondary N) is 1. The first-order valence-electron chi connectivity index (χ1n) is 8.57. The third-order valence-electron chi connectivity index (χ3n) is 3.99. The zero-order chi connectivity index (χ0) is 18.2. The molecule has 2 rings (SSSR count). The van der Waals surface area contributed by atoms with E-state index >= 15 is 0 Å². The molecule has 1 aromatic heterocycles. The Labute approximate surface area is 154 Å². The van der Waals surface area contributed by atoms with E-state index in [1.165, 1.54) is 5.56 Å². The summed E-state index contributed by atoms with van der Waals surface area (Å²) in [7, 11) is 4.03. The number of benzene rings is 1. The van der Waals surface area contributed by atoms with E-state index in [0.29, 0.717) is 5.75 Å². The molecule has 0 amide bonds. The van der Waals surface area contributed by atoms with E-state index in [4.69, 9.17) is 16.6 Å². The summed E-state index contributed by atoms with van der Waals surface area (Å²) in [5.74, 6) is 1.20. The number of aromatic hydroxyl groups is 1. The first-order chi connectivity index (χ1) is 12.0. The lowest BCUT2D eigenvalue weighted by molar-refractivity contribution is 0.461. The summed E-state index contributed by atoms with van der Waals surface area (Å²) in [6.07, 6.45) is 3.82. The van der Waals surface area contributed by atoms with Crippen LogP contribution in [-0.4, -0.2) is 40.7 Å². The summed E-state index contributed by atoms with van der Waals surface area (Å²) in [5, 5.41) is 13.4. The Morgan fingerprint density at radius 1 is 1.32 bits per heavy atom. The molecule has 0 saturated carbocycles. The van der Waals surface area contributed by atoms with Crippen LogP contribution >= 0.6 is 11.6 Å². The molecule has 1 heterocycles. The highest BCUT2D eigenvalue weighted by molar-refractivity contribution is 6.30.